The molecule has 0 aliphatic rings. The molecule has 0 aromatic heterocycles. The molecular weight excluding hydrogens is 284 g/mol. The molecule has 22 heavy (non-hydrogen) atoms. The summed E-state index contributed by atoms with van der Waals surface area (Å²) in [6.45, 7) is 11.1. The first-order valence-corrected chi connectivity index (χ1v) is 10.7. The Labute approximate surface area is 135 Å². The highest BCUT2D eigenvalue weighted by Gasteiger charge is 2.28. The molecule has 0 N–H and O–H groups in total. The molecule has 0 unspecified atom stereocenters. The summed E-state index contributed by atoms with van der Waals surface area (Å²) in [4.78, 5) is 0. The summed E-state index contributed by atoms with van der Waals surface area (Å²) >= 11 is 0. The van der Waals surface area contributed by atoms with Gasteiger partial charge in [-0.1, -0.05) is 81.4 Å². The van der Waals surface area contributed by atoms with Crippen molar-refractivity contribution in [3.05, 3.63) is 72.3 Å². The Bertz CT molecular complexity index is 622. The van der Waals surface area contributed by atoms with Gasteiger partial charge in [-0.25, -0.2) is 0 Å². The maximum absolute atomic E-state index is 6.59. The third kappa shape index (κ3) is 4.60. The van der Waals surface area contributed by atoms with Crippen molar-refractivity contribution in [1.82, 2.24) is 0 Å². The first-order chi connectivity index (χ1) is 10.3. The lowest BCUT2D eigenvalue weighted by molar-refractivity contribution is 0.487. The quantitative estimate of drug-likeness (QED) is 0.557. The third-order valence-electron chi connectivity index (χ3n) is 3.46. The van der Waals surface area contributed by atoms with Crippen LogP contribution in [-0.4, -0.2) is 8.32 Å². The Kier molecular flexibility index (Phi) is 4.92. The van der Waals surface area contributed by atoms with Gasteiger partial charge < -0.3 is 4.43 Å². The van der Waals surface area contributed by atoms with Gasteiger partial charge in [0.15, 0.2) is 0 Å². The molecule has 2 aromatic rings. The molecule has 0 amide bonds. The Morgan fingerprint density at radius 1 is 0.864 bits per heavy atom. The van der Waals surface area contributed by atoms with Crippen molar-refractivity contribution in [1.29, 1.82) is 0 Å². The number of hydrogen-bond acceptors (Lipinski definition) is 1. The lowest BCUT2D eigenvalue weighted by Gasteiger charge is -2.28. The van der Waals surface area contributed by atoms with Gasteiger partial charge in [0.2, 0.25) is 0 Å². The molecule has 2 heteroatoms. The van der Waals surface area contributed by atoms with Crippen molar-refractivity contribution in [2.24, 2.45) is 5.41 Å². The van der Waals surface area contributed by atoms with Crippen LogP contribution in [-0.2, 0) is 4.43 Å². The van der Waals surface area contributed by atoms with Crippen molar-refractivity contribution in [2.75, 3.05) is 0 Å². The molecule has 2 aromatic carbocycles. The van der Waals surface area contributed by atoms with Crippen LogP contribution in [0.25, 0.3) is 5.76 Å². The van der Waals surface area contributed by atoms with Crippen LogP contribution in [0.5, 0.6) is 0 Å². The average Bonchev–Trinajstić information content (AvgIpc) is 2.47. The number of benzene rings is 2. The van der Waals surface area contributed by atoms with E-state index in [-0.39, 0.29) is 5.41 Å². The van der Waals surface area contributed by atoms with Crippen molar-refractivity contribution in [3.63, 3.8) is 0 Å². The van der Waals surface area contributed by atoms with Crippen LogP contribution in [0, 0.1) is 5.41 Å². The first kappa shape index (κ1) is 16.6. The summed E-state index contributed by atoms with van der Waals surface area (Å²) in [6.07, 6.45) is 2.24. The predicted octanol–water partition coefficient (Wildman–Crippen LogP) is 5.20. The SMILES string of the molecule is CC(C)(C)/C=C(\O[Si](C)(C)c1ccccc1)c1ccccc1. The molecule has 2 rings (SSSR count). The lowest BCUT2D eigenvalue weighted by Crippen LogP contribution is -2.44. The standard InChI is InChI=1S/C20H26OSi/c1-20(2,3)16-19(17-12-8-6-9-13-17)21-22(4,5)18-14-10-7-11-15-18/h6-16H,1-5H3/b19-16-. The molecule has 0 aliphatic carbocycles. The second-order valence-corrected chi connectivity index (χ2v) is 11.0. The van der Waals surface area contributed by atoms with Crippen molar-refractivity contribution in [2.45, 2.75) is 33.9 Å². The molecule has 1 nitrogen and oxygen atoms in total. The molecular formula is C20H26OSi. The summed E-state index contributed by atoms with van der Waals surface area (Å²) in [7, 11) is -1.99. The number of allylic oxidation sites excluding steroid dienone is 1. The van der Waals surface area contributed by atoms with Crippen LogP contribution < -0.4 is 5.19 Å². The van der Waals surface area contributed by atoms with E-state index in [2.05, 4.69) is 94.5 Å². The van der Waals surface area contributed by atoms with Gasteiger partial charge in [0.25, 0.3) is 8.32 Å². The fourth-order valence-electron chi connectivity index (χ4n) is 2.34. The van der Waals surface area contributed by atoms with Gasteiger partial charge in [-0.2, -0.15) is 0 Å². The van der Waals surface area contributed by atoms with E-state index in [0.717, 1.165) is 11.3 Å². The fraction of sp³-hybridized carbons (Fsp3) is 0.300. The number of rotatable bonds is 4. The normalized spacial score (nSPS) is 13.0. The molecule has 116 valence electrons. The summed E-state index contributed by atoms with van der Waals surface area (Å²) < 4.78 is 6.59. The Hall–Kier alpha value is -1.80. The van der Waals surface area contributed by atoms with Crippen molar-refractivity contribution < 1.29 is 4.43 Å². The van der Waals surface area contributed by atoms with Crippen molar-refractivity contribution >= 4 is 19.3 Å². The number of hydrogen-bond donors (Lipinski definition) is 0. The largest absolute Gasteiger partial charge is 0.539 e. The first-order valence-electron chi connectivity index (χ1n) is 7.81. The van der Waals surface area contributed by atoms with Gasteiger partial charge in [-0.15, -0.1) is 0 Å². The van der Waals surface area contributed by atoms with E-state index >= 15 is 0 Å². The monoisotopic (exact) mass is 310 g/mol. The minimum atomic E-state index is -1.99. The molecule has 0 bridgehead atoms. The van der Waals surface area contributed by atoms with Crippen LogP contribution in [0.15, 0.2) is 66.7 Å². The predicted molar refractivity (Wildman–Crippen MR) is 98.5 cm³/mol. The van der Waals surface area contributed by atoms with Gasteiger partial charge >= 0.3 is 0 Å². The second kappa shape index (κ2) is 6.53. The summed E-state index contributed by atoms with van der Waals surface area (Å²) in [5, 5.41) is 1.31. The Morgan fingerprint density at radius 3 is 1.86 bits per heavy atom. The van der Waals surface area contributed by atoms with Crippen molar-refractivity contribution in [3.8, 4) is 0 Å². The zero-order valence-corrected chi connectivity index (χ0v) is 15.3. The van der Waals surface area contributed by atoms with Crippen LogP contribution in [0.1, 0.15) is 26.3 Å². The van der Waals surface area contributed by atoms with Crippen LogP contribution in [0.3, 0.4) is 0 Å². The average molecular weight is 311 g/mol. The van der Waals surface area contributed by atoms with E-state index in [1.165, 1.54) is 5.19 Å². The summed E-state index contributed by atoms with van der Waals surface area (Å²) in [6, 6.07) is 21.0. The third-order valence-corrected chi connectivity index (χ3v) is 5.91. The maximum atomic E-state index is 6.59. The summed E-state index contributed by atoms with van der Waals surface area (Å²) in [5.41, 5.74) is 1.22. The lowest BCUT2D eigenvalue weighted by atomic mass is 9.94. The second-order valence-electron chi connectivity index (χ2n) is 7.22. The summed E-state index contributed by atoms with van der Waals surface area (Å²) in [5.74, 6) is 0.994. The Morgan fingerprint density at radius 2 is 1.36 bits per heavy atom. The molecule has 0 saturated carbocycles. The van der Waals surface area contributed by atoms with Gasteiger partial charge in [0.05, 0.1) is 0 Å². The van der Waals surface area contributed by atoms with E-state index in [1.807, 2.05) is 6.07 Å². The zero-order chi connectivity index (χ0) is 16.2. The highest BCUT2D eigenvalue weighted by molar-refractivity contribution is 6.85. The molecule has 0 spiro atoms. The van der Waals surface area contributed by atoms with E-state index in [9.17, 15) is 0 Å². The van der Waals surface area contributed by atoms with Gasteiger partial charge in [-0.05, 0) is 29.8 Å². The minimum Gasteiger partial charge on any atom is -0.539 e. The smallest absolute Gasteiger partial charge is 0.276 e. The minimum absolute atomic E-state index is 0.0757. The molecule has 0 aliphatic heterocycles. The highest BCUT2D eigenvalue weighted by Crippen LogP contribution is 2.27. The Balaban J connectivity index is 2.38. The zero-order valence-electron chi connectivity index (χ0n) is 14.3. The van der Waals surface area contributed by atoms with Gasteiger partial charge in [0, 0.05) is 5.56 Å². The van der Waals surface area contributed by atoms with Crippen LogP contribution in [0.4, 0.5) is 0 Å². The van der Waals surface area contributed by atoms with E-state index in [4.69, 9.17) is 4.43 Å². The topological polar surface area (TPSA) is 9.23 Å². The molecule has 0 heterocycles. The fourth-order valence-corrected chi connectivity index (χ4v) is 4.18. The van der Waals surface area contributed by atoms with E-state index in [0.29, 0.717) is 0 Å². The highest BCUT2D eigenvalue weighted by atomic mass is 28.4. The molecule has 0 fully saturated rings. The van der Waals surface area contributed by atoms with E-state index in [1.54, 1.807) is 0 Å². The van der Waals surface area contributed by atoms with Gasteiger partial charge in [-0.3, -0.25) is 0 Å². The van der Waals surface area contributed by atoms with Crippen LogP contribution >= 0.6 is 0 Å². The molecule has 0 radical (unpaired) electrons. The van der Waals surface area contributed by atoms with E-state index < -0.39 is 8.32 Å². The van der Waals surface area contributed by atoms with Gasteiger partial charge in [0.1, 0.15) is 5.76 Å². The molecule has 0 saturated heterocycles. The molecule has 0 atom stereocenters. The van der Waals surface area contributed by atoms with Crippen LogP contribution in [0.2, 0.25) is 13.1 Å². The maximum Gasteiger partial charge on any atom is 0.276 e.